The third kappa shape index (κ3) is 4.03. The Bertz CT molecular complexity index is 864. The maximum Gasteiger partial charge on any atom is 0.244 e. The Kier molecular flexibility index (Phi) is 6.81. The number of aliphatic hydroxyl groups is 1. The first-order chi connectivity index (χ1) is 15.4. The van der Waals surface area contributed by atoms with E-state index in [-0.39, 0.29) is 35.6 Å². The van der Waals surface area contributed by atoms with Crippen LogP contribution in [-0.4, -0.2) is 63.0 Å². The van der Waals surface area contributed by atoms with E-state index in [9.17, 15) is 19.5 Å². The number of aliphatic hydroxyl groups excluding tert-OH is 1. The second-order valence-electron chi connectivity index (χ2n) is 9.38. The van der Waals surface area contributed by atoms with Crippen molar-refractivity contribution in [3.63, 3.8) is 0 Å². The second kappa shape index (κ2) is 9.43. The van der Waals surface area contributed by atoms with Crippen LogP contribution < -0.4 is 10.6 Å². The van der Waals surface area contributed by atoms with Crippen molar-refractivity contribution in [2.75, 3.05) is 13.2 Å². The van der Waals surface area contributed by atoms with Crippen molar-refractivity contribution in [3.8, 4) is 0 Å². The zero-order chi connectivity index (χ0) is 22.9. The van der Waals surface area contributed by atoms with Crippen molar-refractivity contribution >= 4 is 29.5 Å². The van der Waals surface area contributed by atoms with Crippen LogP contribution in [0.5, 0.6) is 0 Å². The van der Waals surface area contributed by atoms with Gasteiger partial charge in [0.2, 0.25) is 17.7 Å². The molecule has 3 heterocycles. The number of carbonyl (C=O) groups excluding carboxylic acids is 3. The Hall–Kier alpha value is -2.06. The first kappa shape index (κ1) is 23.1. The van der Waals surface area contributed by atoms with Crippen LogP contribution in [0, 0.1) is 11.8 Å². The molecule has 174 valence electrons. The average Bonchev–Trinajstić information content (AvgIpc) is 3.40. The average molecular weight is 460 g/mol. The Morgan fingerprint density at radius 1 is 1.22 bits per heavy atom. The fraction of sp³-hybridized carbons (Fsp3) is 0.625. The summed E-state index contributed by atoms with van der Waals surface area (Å²) in [5, 5.41) is 15.3. The van der Waals surface area contributed by atoms with Gasteiger partial charge in [-0.2, -0.15) is 0 Å². The fourth-order valence-electron chi connectivity index (χ4n) is 5.65. The van der Waals surface area contributed by atoms with Gasteiger partial charge in [-0.05, 0) is 45.1 Å². The largest absolute Gasteiger partial charge is 0.396 e. The molecule has 32 heavy (non-hydrogen) atoms. The molecule has 3 saturated heterocycles. The highest BCUT2D eigenvalue weighted by Gasteiger charge is 2.73. The Morgan fingerprint density at radius 3 is 2.66 bits per heavy atom. The van der Waals surface area contributed by atoms with Crippen molar-refractivity contribution in [2.45, 2.75) is 68.2 Å². The number of benzene rings is 1. The van der Waals surface area contributed by atoms with Crippen molar-refractivity contribution in [1.82, 2.24) is 15.5 Å². The number of carbonyl (C=O) groups is 3. The van der Waals surface area contributed by atoms with Gasteiger partial charge in [0.15, 0.2) is 0 Å². The monoisotopic (exact) mass is 459 g/mol. The van der Waals surface area contributed by atoms with Crippen molar-refractivity contribution in [3.05, 3.63) is 35.9 Å². The van der Waals surface area contributed by atoms with Gasteiger partial charge in [0.05, 0.1) is 16.6 Å². The van der Waals surface area contributed by atoms with Crippen LogP contribution in [0.2, 0.25) is 0 Å². The minimum Gasteiger partial charge on any atom is -0.396 e. The van der Waals surface area contributed by atoms with Crippen LogP contribution in [0.1, 0.15) is 45.1 Å². The summed E-state index contributed by atoms with van der Waals surface area (Å²) < 4.78 is -0.547. The summed E-state index contributed by atoms with van der Waals surface area (Å²) >= 11 is 1.68. The van der Waals surface area contributed by atoms with Gasteiger partial charge < -0.3 is 20.6 Å². The van der Waals surface area contributed by atoms with E-state index in [0.717, 1.165) is 18.4 Å². The van der Waals surface area contributed by atoms with E-state index in [1.807, 2.05) is 44.2 Å². The number of rotatable bonds is 9. The number of fused-ring (bicyclic) bond motifs is 1. The number of unbranched alkanes of at least 4 members (excludes halogenated alkanes) is 1. The summed E-state index contributed by atoms with van der Waals surface area (Å²) in [6.07, 6.45) is 2.83. The number of nitrogens with zero attached hydrogens (tertiary/aromatic N) is 1. The minimum atomic E-state index is -0.567. The van der Waals surface area contributed by atoms with Gasteiger partial charge in [0.25, 0.3) is 0 Å². The first-order valence-corrected chi connectivity index (χ1v) is 12.5. The van der Waals surface area contributed by atoms with Gasteiger partial charge in [-0.1, -0.05) is 30.3 Å². The topological polar surface area (TPSA) is 98.7 Å². The SMILES string of the molecule is CC(C)NC(=O)C1N(CCCCO)C(=O)[C@@H]2[C@H](C(=O)NCc3ccccc3)[C@@H]3CCC12S3. The van der Waals surface area contributed by atoms with Gasteiger partial charge in [-0.15, -0.1) is 11.8 Å². The van der Waals surface area contributed by atoms with E-state index >= 15 is 0 Å². The highest BCUT2D eigenvalue weighted by molar-refractivity contribution is 8.02. The van der Waals surface area contributed by atoms with Gasteiger partial charge in [0.1, 0.15) is 6.04 Å². The zero-order valence-corrected chi connectivity index (χ0v) is 19.6. The normalized spacial score (nSPS) is 30.6. The summed E-state index contributed by atoms with van der Waals surface area (Å²) in [7, 11) is 0. The van der Waals surface area contributed by atoms with E-state index in [1.165, 1.54) is 0 Å². The molecule has 3 aliphatic heterocycles. The summed E-state index contributed by atoms with van der Waals surface area (Å²) in [6.45, 7) is 4.75. The molecule has 7 nitrogen and oxygen atoms in total. The van der Waals surface area contributed by atoms with E-state index in [1.54, 1.807) is 16.7 Å². The van der Waals surface area contributed by atoms with E-state index in [0.29, 0.717) is 25.9 Å². The van der Waals surface area contributed by atoms with Crippen molar-refractivity contribution < 1.29 is 19.5 Å². The predicted octanol–water partition coefficient (Wildman–Crippen LogP) is 1.69. The van der Waals surface area contributed by atoms with Crippen LogP contribution in [0.15, 0.2) is 30.3 Å². The van der Waals surface area contributed by atoms with Gasteiger partial charge in [-0.25, -0.2) is 0 Å². The van der Waals surface area contributed by atoms with Gasteiger partial charge in [-0.3, -0.25) is 14.4 Å². The number of likely N-dealkylation sites (tertiary alicyclic amines) is 1. The standard InChI is InChI=1S/C24H33N3O4S/c1-15(2)26-22(30)20-24-11-10-17(32-24)18(19(24)23(31)27(20)12-6-7-13-28)21(29)25-14-16-8-4-3-5-9-16/h3-5,8-9,15,17-20,28H,6-7,10-14H2,1-2H3,(H,25,29)(H,26,30)/t17-,18+,19-,20?,24?/m0/s1. The Labute approximate surface area is 193 Å². The molecule has 0 aliphatic carbocycles. The van der Waals surface area contributed by atoms with Crippen LogP contribution in [-0.2, 0) is 20.9 Å². The summed E-state index contributed by atoms with van der Waals surface area (Å²) in [5.74, 6) is -1.19. The smallest absolute Gasteiger partial charge is 0.244 e. The summed E-state index contributed by atoms with van der Waals surface area (Å²) in [4.78, 5) is 41.9. The molecule has 0 aromatic heterocycles. The molecule has 2 unspecified atom stereocenters. The fourth-order valence-corrected chi connectivity index (χ4v) is 7.87. The lowest BCUT2D eigenvalue weighted by Gasteiger charge is -2.34. The number of thioether (sulfide) groups is 1. The van der Waals surface area contributed by atoms with Gasteiger partial charge >= 0.3 is 0 Å². The van der Waals surface area contributed by atoms with Crippen LogP contribution in [0.4, 0.5) is 0 Å². The minimum absolute atomic E-state index is 0.0269. The molecule has 5 atom stereocenters. The number of hydrogen-bond donors (Lipinski definition) is 3. The molecule has 3 amide bonds. The summed E-state index contributed by atoms with van der Waals surface area (Å²) in [6, 6.07) is 9.15. The number of nitrogens with one attached hydrogen (secondary N) is 2. The van der Waals surface area contributed by atoms with E-state index < -0.39 is 22.6 Å². The van der Waals surface area contributed by atoms with E-state index in [4.69, 9.17) is 0 Å². The predicted molar refractivity (Wildman–Crippen MR) is 124 cm³/mol. The van der Waals surface area contributed by atoms with E-state index in [2.05, 4.69) is 10.6 Å². The lowest BCUT2D eigenvalue weighted by molar-refractivity contribution is -0.140. The summed E-state index contributed by atoms with van der Waals surface area (Å²) in [5.41, 5.74) is 1.02. The maximum absolute atomic E-state index is 13.6. The highest BCUT2D eigenvalue weighted by Crippen LogP contribution is 2.66. The molecular weight excluding hydrogens is 426 g/mol. The van der Waals surface area contributed by atoms with Crippen molar-refractivity contribution in [1.29, 1.82) is 0 Å². The molecule has 1 aromatic carbocycles. The van der Waals surface area contributed by atoms with Gasteiger partial charge in [0, 0.05) is 31.0 Å². The van der Waals surface area contributed by atoms with Crippen LogP contribution in [0.3, 0.4) is 0 Å². The number of amides is 3. The maximum atomic E-state index is 13.6. The second-order valence-corrected chi connectivity index (χ2v) is 11.0. The van der Waals surface area contributed by atoms with Crippen LogP contribution >= 0.6 is 11.8 Å². The molecule has 1 spiro atoms. The van der Waals surface area contributed by atoms with Crippen molar-refractivity contribution in [2.24, 2.45) is 11.8 Å². The molecular formula is C24H33N3O4S. The first-order valence-electron chi connectivity index (χ1n) is 11.6. The third-order valence-electron chi connectivity index (χ3n) is 6.90. The molecule has 0 radical (unpaired) electrons. The molecule has 0 saturated carbocycles. The highest BCUT2D eigenvalue weighted by atomic mass is 32.2. The molecule has 8 heteroatoms. The molecule has 3 N–H and O–H groups in total. The molecule has 4 rings (SSSR count). The Balaban J connectivity index is 1.58. The molecule has 3 aliphatic rings. The Morgan fingerprint density at radius 2 is 1.97 bits per heavy atom. The molecule has 3 fully saturated rings. The lowest BCUT2D eigenvalue weighted by atomic mass is 9.70. The molecule has 2 bridgehead atoms. The van der Waals surface area contributed by atoms with Crippen LogP contribution in [0.25, 0.3) is 0 Å². The third-order valence-corrected chi connectivity index (χ3v) is 8.85. The zero-order valence-electron chi connectivity index (χ0n) is 18.8. The molecule has 1 aromatic rings. The quantitative estimate of drug-likeness (QED) is 0.488. The number of hydrogen-bond acceptors (Lipinski definition) is 5. The lowest BCUT2D eigenvalue weighted by Crippen LogP contribution is -2.54.